The van der Waals surface area contributed by atoms with Gasteiger partial charge in [0.1, 0.15) is 5.82 Å². The number of rotatable bonds is 3. The molecule has 0 saturated heterocycles. The van der Waals surface area contributed by atoms with Crippen LogP contribution in [-0.2, 0) is 4.79 Å². The number of aromatic nitrogens is 2. The summed E-state index contributed by atoms with van der Waals surface area (Å²) in [5, 5.41) is 3.54. The lowest BCUT2D eigenvalue weighted by atomic mass is 10.2. The van der Waals surface area contributed by atoms with Gasteiger partial charge in [-0.25, -0.2) is 15.8 Å². The van der Waals surface area contributed by atoms with E-state index >= 15 is 0 Å². The molecule has 1 amide bonds. The van der Waals surface area contributed by atoms with Crippen LogP contribution >= 0.6 is 0 Å². The summed E-state index contributed by atoms with van der Waals surface area (Å²) in [6, 6.07) is 5.52. The Bertz CT molecular complexity index is 651. The molecule has 0 bridgehead atoms. The highest BCUT2D eigenvalue weighted by Crippen LogP contribution is 2.39. The molecular weight excluding hydrogens is 242 g/mol. The molecule has 2 aromatic rings. The number of hydrogen-bond acceptors (Lipinski definition) is 5. The summed E-state index contributed by atoms with van der Waals surface area (Å²) >= 11 is 0. The quantitative estimate of drug-likeness (QED) is 0.575. The monoisotopic (exact) mass is 257 g/mol. The van der Waals surface area contributed by atoms with E-state index in [0.29, 0.717) is 17.4 Å². The zero-order chi connectivity index (χ0) is 13.4. The first-order valence-corrected chi connectivity index (χ1v) is 6.23. The SMILES string of the molecule is CC(=O)Nc1ccc2nc(C3CC3)nc(NN)c2c1. The lowest BCUT2D eigenvalue weighted by Crippen LogP contribution is -2.11. The summed E-state index contributed by atoms with van der Waals surface area (Å²) in [5.74, 6) is 7.32. The van der Waals surface area contributed by atoms with Crippen LogP contribution in [-0.4, -0.2) is 15.9 Å². The van der Waals surface area contributed by atoms with Gasteiger partial charge in [-0.05, 0) is 31.0 Å². The number of hydrazine groups is 1. The van der Waals surface area contributed by atoms with Crippen molar-refractivity contribution >= 4 is 28.3 Å². The fraction of sp³-hybridized carbons (Fsp3) is 0.308. The second-order valence-corrected chi connectivity index (χ2v) is 4.76. The van der Waals surface area contributed by atoms with Crippen molar-refractivity contribution in [3.8, 4) is 0 Å². The maximum absolute atomic E-state index is 11.1. The van der Waals surface area contributed by atoms with Gasteiger partial charge in [0.25, 0.3) is 0 Å². The molecular formula is C13H15N5O. The van der Waals surface area contributed by atoms with Gasteiger partial charge in [0.2, 0.25) is 5.91 Å². The zero-order valence-electron chi connectivity index (χ0n) is 10.6. The third-order valence-electron chi connectivity index (χ3n) is 3.11. The Morgan fingerprint density at radius 3 is 2.79 bits per heavy atom. The average molecular weight is 257 g/mol. The van der Waals surface area contributed by atoms with Crippen LogP contribution in [0.15, 0.2) is 18.2 Å². The number of amides is 1. The fourth-order valence-electron chi connectivity index (χ4n) is 2.06. The molecule has 4 N–H and O–H groups in total. The fourth-order valence-corrected chi connectivity index (χ4v) is 2.06. The summed E-state index contributed by atoms with van der Waals surface area (Å²) in [4.78, 5) is 20.1. The number of nitrogen functional groups attached to an aromatic ring is 1. The van der Waals surface area contributed by atoms with Gasteiger partial charge in [-0.2, -0.15) is 0 Å². The molecule has 0 unspecified atom stereocenters. The first-order chi connectivity index (χ1) is 9.17. The molecule has 0 atom stereocenters. The van der Waals surface area contributed by atoms with Gasteiger partial charge < -0.3 is 10.7 Å². The van der Waals surface area contributed by atoms with Crippen LogP contribution in [0.2, 0.25) is 0 Å². The molecule has 0 spiro atoms. The highest BCUT2D eigenvalue weighted by Gasteiger charge is 2.27. The summed E-state index contributed by atoms with van der Waals surface area (Å²) in [5.41, 5.74) is 4.15. The third kappa shape index (κ3) is 2.34. The standard InChI is InChI=1S/C13H15N5O/c1-7(19)15-9-4-5-11-10(6-9)13(18-14)17-12(16-11)8-2-3-8/h4-6,8H,2-3,14H2,1H3,(H,15,19)(H,16,17,18). The van der Waals surface area contributed by atoms with Gasteiger partial charge in [0, 0.05) is 23.9 Å². The van der Waals surface area contributed by atoms with Gasteiger partial charge >= 0.3 is 0 Å². The van der Waals surface area contributed by atoms with Crippen molar-refractivity contribution in [2.45, 2.75) is 25.7 Å². The van der Waals surface area contributed by atoms with Crippen LogP contribution in [0.4, 0.5) is 11.5 Å². The Labute approximate surface area is 110 Å². The highest BCUT2D eigenvalue weighted by atomic mass is 16.1. The van der Waals surface area contributed by atoms with E-state index < -0.39 is 0 Å². The van der Waals surface area contributed by atoms with E-state index in [1.54, 1.807) is 0 Å². The van der Waals surface area contributed by atoms with E-state index in [1.807, 2.05) is 18.2 Å². The molecule has 1 saturated carbocycles. The third-order valence-corrected chi connectivity index (χ3v) is 3.11. The lowest BCUT2D eigenvalue weighted by molar-refractivity contribution is -0.114. The van der Waals surface area contributed by atoms with E-state index in [2.05, 4.69) is 20.7 Å². The minimum Gasteiger partial charge on any atom is -0.326 e. The number of fused-ring (bicyclic) bond motifs is 1. The number of anilines is 2. The lowest BCUT2D eigenvalue weighted by Gasteiger charge is -2.09. The van der Waals surface area contributed by atoms with E-state index in [1.165, 1.54) is 6.92 Å². The largest absolute Gasteiger partial charge is 0.326 e. The number of carbonyl (C=O) groups is 1. The van der Waals surface area contributed by atoms with Crippen LogP contribution in [0, 0.1) is 0 Å². The number of nitrogens with two attached hydrogens (primary N) is 1. The molecule has 19 heavy (non-hydrogen) atoms. The van der Waals surface area contributed by atoms with Gasteiger partial charge in [-0.1, -0.05) is 0 Å². The maximum Gasteiger partial charge on any atom is 0.221 e. The van der Waals surface area contributed by atoms with Crippen molar-refractivity contribution in [3.63, 3.8) is 0 Å². The summed E-state index contributed by atoms with van der Waals surface area (Å²) in [6.07, 6.45) is 2.28. The van der Waals surface area contributed by atoms with Gasteiger partial charge in [0.05, 0.1) is 5.52 Å². The Balaban J connectivity index is 2.10. The predicted octanol–water partition coefficient (Wildman–Crippen LogP) is 1.75. The maximum atomic E-state index is 11.1. The van der Waals surface area contributed by atoms with Crippen molar-refractivity contribution in [1.82, 2.24) is 9.97 Å². The molecule has 3 rings (SSSR count). The minimum atomic E-state index is -0.114. The normalized spacial score (nSPS) is 14.4. The second-order valence-electron chi connectivity index (χ2n) is 4.76. The number of hydrogen-bond donors (Lipinski definition) is 3. The van der Waals surface area contributed by atoms with Crippen LogP contribution in [0.3, 0.4) is 0 Å². The molecule has 1 aliphatic rings. The van der Waals surface area contributed by atoms with Gasteiger partial charge in [-0.3, -0.25) is 4.79 Å². The van der Waals surface area contributed by atoms with Crippen molar-refractivity contribution in [3.05, 3.63) is 24.0 Å². The molecule has 1 aliphatic carbocycles. The summed E-state index contributed by atoms with van der Waals surface area (Å²) < 4.78 is 0. The zero-order valence-corrected chi connectivity index (χ0v) is 10.6. The summed E-state index contributed by atoms with van der Waals surface area (Å²) in [7, 11) is 0. The molecule has 1 aromatic carbocycles. The molecule has 0 aliphatic heterocycles. The van der Waals surface area contributed by atoms with E-state index in [9.17, 15) is 4.79 Å². The average Bonchev–Trinajstić information content (AvgIpc) is 3.21. The first-order valence-electron chi connectivity index (χ1n) is 6.23. The Hall–Kier alpha value is -2.21. The van der Waals surface area contributed by atoms with Crippen LogP contribution in [0.5, 0.6) is 0 Å². The number of nitrogens with zero attached hydrogens (tertiary/aromatic N) is 2. The molecule has 6 nitrogen and oxygen atoms in total. The van der Waals surface area contributed by atoms with Crippen LogP contribution in [0.1, 0.15) is 31.5 Å². The molecule has 1 heterocycles. The van der Waals surface area contributed by atoms with Crippen molar-refractivity contribution in [1.29, 1.82) is 0 Å². The molecule has 1 aromatic heterocycles. The Morgan fingerprint density at radius 2 is 2.16 bits per heavy atom. The van der Waals surface area contributed by atoms with Gasteiger partial charge in [-0.15, -0.1) is 0 Å². The predicted molar refractivity (Wildman–Crippen MR) is 73.6 cm³/mol. The van der Waals surface area contributed by atoms with E-state index in [4.69, 9.17) is 5.84 Å². The Morgan fingerprint density at radius 1 is 1.37 bits per heavy atom. The van der Waals surface area contributed by atoms with Crippen molar-refractivity contribution in [2.75, 3.05) is 10.7 Å². The first kappa shape index (κ1) is 11.9. The molecule has 6 heteroatoms. The minimum absolute atomic E-state index is 0.114. The highest BCUT2D eigenvalue weighted by molar-refractivity contribution is 5.95. The summed E-state index contributed by atoms with van der Waals surface area (Å²) in [6.45, 7) is 1.47. The molecule has 0 radical (unpaired) electrons. The smallest absolute Gasteiger partial charge is 0.221 e. The Kier molecular flexibility index (Phi) is 2.79. The number of nitrogens with one attached hydrogen (secondary N) is 2. The van der Waals surface area contributed by atoms with Crippen LogP contribution in [0.25, 0.3) is 10.9 Å². The molecule has 1 fully saturated rings. The topological polar surface area (TPSA) is 92.9 Å². The number of benzene rings is 1. The van der Waals surface area contributed by atoms with Crippen molar-refractivity contribution < 1.29 is 4.79 Å². The van der Waals surface area contributed by atoms with Gasteiger partial charge in [0.15, 0.2) is 5.82 Å². The molecule has 98 valence electrons. The second kappa shape index (κ2) is 4.47. The van der Waals surface area contributed by atoms with Crippen LogP contribution < -0.4 is 16.6 Å². The van der Waals surface area contributed by atoms with E-state index in [0.717, 1.165) is 29.6 Å². The number of carbonyl (C=O) groups excluding carboxylic acids is 1. The van der Waals surface area contributed by atoms with E-state index in [-0.39, 0.29) is 5.91 Å². The van der Waals surface area contributed by atoms with Crippen molar-refractivity contribution in [2.24, 2.45) is 5.84 Å².